The minimum Gasteiger partial charge on any atom is -0.480 e. The van der Waals surface area contributed by atoms with Crippen LogP contribution in [0.25, 0.3) is 0 Å². The molecule has 6 nitrogen and oxygen atoms in total. The van der Waals surface area contributed by atoms with Gasteiger partial charge in [0.1, 0.15) is 5.54 Å². The number of piperidine rings is 1. The van der Waals surface area contributed by atoms with Crippen LogP contribution in [0.15, 0.2) is 0 Å². The van der Waals surface area contributed by atoms with Crippen LogP contribution < -0.4 is 0 Å². The van der Waals surface area contributed by atoms with Gasteiger partial charge in [-0.25, -0.2) is 9.59 Å². The fourth-order valence-electron chi connectivity index (χ4n) is 1.71. The molecule has 1 fully saturated rings. The van der Waals surface area contributed by atoms with Gasteiger partial charge < -0.3 is 15.3 Å². The van der Waals surface area contributed by atoms with Crippen LogP contribution in [0.1, 0.15) is 19.8 Å². The van der Waals surface area contributed by atoms with Gasteiger partial charge in [0, 0.05) is 13.0 Å². The molecule has 0 saturated carbocycles. The van der Waals surface area contributed by atoms with E-state index >= 15 is 0 Å². The van der Waals surface area contributed by atoms with E-state index in [0.29, 0.717) is 0 Å². The van der Waals surface area contributed by atoms with E-state index in [0.717, 1.165) is 4.90 Å². The first-order valence-electron chi connectivity index (χ1n) is 4.30. The normalized spacial score (nSPS) is 32.7. The molecule has 1 saturated heterocycles. The lowest BCUT2D eigenvalue weighted by Gasteiger charge is -2.41. The fourth-order valence-corrected chi connectivity index (χ4v) is 1.71. The molecule has 1 heterocycles. The van der Waals surface area contributed by atoms with Crippen molar-refractivity contribution in [1.82, 2.24) is 4.90 Å². The Morgan fingerprint density at radius 2 is 2.00 bits per heavy atom. The van der Waals surface area contributed by atoms with Gasteiger partial charge in [0.25, 0.3) is 0 Å². The summed E-state index contributed by atoms with van der Waals surface area (Å²) in [6, 6.07) is 0. The Morgan fingerprint density at radius 3 is 2.43 bits per heavy atom. The first kappa shape index (κ1) is 10.8. The summed E-state index contributed by atoms with van der Waals surface area (Å²) in [5.41, 5.74) is -1.51. The molecule has 3 N–H and O–H groups in total. The summed E-state index contributed by atoms with van der Waals surface area (Å²) in [7, 11) is 0. The first-order chi connectivity index (χ1) is 6.38. The molecule has 14 heavy (non-hydrogen) atoms. The highest BCUT2D eigenvalue weighted by atomic mass is 16.4. The summed E-state index contributed by atoms with van der Waals surface area (Å²) >= 11 is 0. The van der Waals surface area contributed by atoms with Crippen LogP contribution in [0, 0.1) is 0 Å². The van der Waals surface area contributed by atoms with Gasteiger partial charge in [-0.15, -0.1) is 0 Å². The maximum absolute atomic E-state index is 10.9. The SMILES string of the molecule is CC1(C(=O)O)CC(O)CCN1C(=O)O. The van der Waals surface area contributed by atoms with Gasteiger partial charge in [-0.2, -0.15) is 0 Å². The molecule has 0 spiro atoms. The third-order valence-corrected chi connectivity index (χ3v) is 2.61. The Kier molecular flexibility index (Phi) is 2.66. The van der Waals surface area contributed by atoms with Crippen LogP contribution in [-0.2, 0) is 4.79 Å². The minimum atomic E-state index is -1.51. The first-order valence-corrected chi connectivity index (χ1v) is 4.30. The second kappa shape index (κ2) is 3.45. The zero-order valence-corrected chi connectivity index (χ0v) is 7.80. The van der Waals surface area contributed by atoms with Gasteiger partial charge in [0.2, 0.25) is 0 Å². The van der Waals surface area contributed by atoms with Crippen LogP contribution in [0.3, 0.4) is 0 Å². The lowest BCUT2D eigenvalue weighted by Crippen LogP contribution is -2.59. The van der Waals surface area contributed by atoms with E-state index in [1.165, 1.54) is 6.92 Å². The van der Waals surface area contributed by atoms with Gasteiger partial charge in [-0.3, -0.25) is 4.90 Å². The van der Waals surface area contributed by atoms with Crippen molar-refractivity contribution in [2.75, 3.05) is 6.54 Å². The molecule has 2 unspecified atom stereocenters. The van der Waals surface area contributed by atoms with Crippen molar-refractivity contribution in [2.45, 2.75) is 31.4 Å². The molecule has 0 bridgehead atoms. The Morgan fingerprint density at radius 1 is 1.43 bits per heavy atom. The topological polar surface area (TPSA) is 98.1 Å². The van der Waals surface area contributed by atoms with Crippen LogP contribution in [0.4, 0.5) is 4.79 Å². The third kappa shape index (κ3) is 1.65. The molecule has 2 atom stereocenters. The number of hydrogen-bond acceptors (Lipinski definition) is 3. The summed E-state index contributed by atoms with van der Waals surface area (Å²) in [6.45, 7) is 1.37. The number of aliphatic carboxylic acids is 1. The Hall–Kier alpha value is -1.30. The molecule has 1 aliphatic rings. The molecular weight excluding hydrogens is 190 g/mol. The zero-order chi connectivity index (χ0) is 10.9. The van der Waals surface area contributed by atoms with E-state index < -0.39 is 23.7 Å². The maximum atomic E-state index is 10.9. The smallest absolute Gasteiger partial charge is 0.408 e. The number of carboxylic acids is 1. The van der Waals surface area contributed by atoms with Crippen LogP contribution in [-0.4, -0.2) is 50.5 Å². The zero-order valence-electron chi connectivity index (χ0n) is 7.80. The van der Waals surface area contributed by atoms with Gasteiger partial charge in [0.05, 0.1) is 6.10 Å². The largest absolute Gasteiger partial charge is 0.480 e. The third-order valence-electron chi connectivity index (χ3n) is 2.61. The van der Waals surface area contributed by atoms with Crippen molar-refractivity contribution in [3.63, 3.8) is 0 Å². The number of carbonyl (C=O) groups is 2. The lowest BCUT2D eigenvalue weighted by molar-refractivity contribution is -0.154. The van der Waals surface area contributed by atoms with E-state index in [9.17, 15) is 14.7 Å². The van der Waals surface area contributed by atoms with E-state index in [-0.39, 0.29) is 19.4 Å². The molecule has 80 valence electrons. The summed E-state index contributed by atoms with van der Waals surface area (Å²) < 4.78 is 0. The number of hydrogen-bond donors (Lipinski definition) is 3. The van der Waals surface area contributed by atoms with Gasteiger partial charge in [-0.1, -0.05) is 0 Å². The molecule has 1 aliphatic heterocycles. The molecule has 1 amide bonds. The van der Waals surface area contributed by atoms with Crippen molar-refractivity contribution in [3.05, 3.63) is 0 Å². The van der Waals surface area contributed by atoms with Gasteiger partial charge >= 0.3 is 12.1 Å². The number of carboxylic acid groups (broad SMARTS) is 2. The molecular formula is C8H13NO5. The second-order valence-electron chi connectivity index (χ2n) is 3.66. The van der Waals surface area contributed by atoms with Crippen molar-refractivity contribution in [3.8, 4) is 0 Å². The van der Waals surface area contributed by atoms with Gasteiger partial charge in [0.15, 0.2) is 0 Å². The molecule has 0 aliphatic carbocycles. The van der Waals surface area contributed by atoms with Crippen LogP contribution >= 0.6 is 0 Å². The molecule has 0 aromatic rings. The highest BCUT2D eigenvalue weighted by Crippen LogP contribution is 2.28. The highest BCUT2D eigenvalue weighted by Gasteiger charge is 2.46. The summed E-state index contributed by atoms with van der Waals surface area (Å²) in [4.78, 5) is 22.5. The van der Waals surface area contributed by atoms with Crippen molar-refractivity contribution in [2.24, 2.45) is 0 Å². The summed E-state index contributed by atoms with van der Waals surface area (Å²) in [5, 5.41) is 27.0. The minimum absolute atomic E-state index is 0.0549. The number of aliphatic hydroxyl groups excluding tert-OH is 1. The Balaban J connectivity index is 2.94. The molecule has 1 rings (SSSR count). The van der Waals surface area contributed by atoms with E-state index in [1.54, 1.807) is 0 Å². The predicted molar refractivity (Wildman–Crippen MR) is 46.0 cm³/mol. The standard InChI is InChI=1S/C8H13NO5/c1-8(6(11)12)4-5(10)2-3-9(8)7(13)14/h5,10H,2-4H2,1H3,(H,11,12)(H,13,14). The quantitative estimate of drug-likeness (QED) is 0.555. The predicted octanol–water partition coefficient (Wildman–Crippen LogP) is -0.0356. The molecule has 0 radical (unpaired) electrons. The monoisotopic (exact) mass is 203 g/mol. The number of nitrogens with zero attached hydrogens (tertiary/aromatic N) is 1. The van der Waals surface area contributed by atoms with Crippen LogP contribution in [0.5, 0.6) is 0 Å². The van der Waals surface area contributed by atoms with E-state index in [4.69, 9.17) is 10.2 Å². The number of rotatable bonds is 1. The Labute approximate surface area is 80.8 Å². The average molecular weight is 203 g/mol. The summed E-state index contributed by atoms with van der Waals surface area (Å²) in [5.74, 6) is -1.22. The summed E-state index contributed by atoms with van der Waals surface area (Å²) in [6.07, 6.45) is -1.78. The number of aliphatic hydroxyl groups is 1. The maximum Gasteiger partial charge on any atom is 0.408 e. The molecule has 6 heteroatoms. The highest BCUT2D eigenvalue weighted by molar-refractivity contribution is 5.83. The van der Waals surface area contributed by atoms with Crippen molar-refractivity contribution >= 4 is 12.1 Å². The second-order valence-corrected chi connectivity index (χ2v) is 3.66. The Bertz CT molecular complexity index is 266. The van der Waals surface area contributed by atoms with Crippen molar-refractivity contribution < 1.29 is 24.9 Å². The lowest BCUT2D eigenvalue weighted by atomic mass is 9.87. The van der Waals surface area contributed by atoms with E-state index in [2.05, 4.69) is 0 Å². The molecule has 0 aromatic carbocycles. The number of likely N-dealkylation sites (tertiary alicyclic amines) is 1. The fraction of sp³-hybridized carbons (Fsp3) is 0.750. The van der Waals surface area contributed by atoms with Crippen LogP contribution in [0.2, 0.25) is 0 Å². The van der Waals surface area contributed by atoms with E-state index in [1.807, 2.05) is 0 Å². The molecule has 0 aromatic heterocycles. The number of amides is 1. The van der Waals surface area contributed by atoms with Crippen molar-refractivity contribution in [1.29, 1.82) is 0 Å². The van der Waals surface area contributed by atoms with Gasteiger partial charge in [-0.05, 0) is 13.3 Å². The average Bonchev–Trinajstić information content (AvgIpc) is 2.02.